The first-order valence-electron chi connectivity index (χ1n) is 8.96. The van der Waals surface area contributed by atoms with Gasteiger partial charge in [0.05, 0.1) is 12.2 Å². The van der Waals surface area contributed by atoms with Gasteiger partial charge in [-0.1, -0.05) is 6.92 Å². The molecule has 24 heavy (non-hydrogen) atoms. The third-order valence-corrected chi connectivity index (χ3v) is 5.43. The van der Waals surface area contributed by atoms with E-state index in [4.69, 9.17) is 0 Å². The highest BCUT2D eigenvalue weighted by Gasteiger charge is 2.47. The quantitative estimate of drug-likeness (QED) is 0.864. The van der Waals surface area contributed by atoms with Crippen molar-refractivity contribution in [2.24, 2.45) is 13.0 Å². The van der Waals surface area contributed by atoms with E-state index < -0.39 is 0 Å². The van der Waals surface area contributed by atoms with E-state index in [2.05, 4.69) is 32.7 Å². The second-order valence-electron chi connectivity index (χ2n) is 7.08. The zero-order chi connectivity index (χ0) is 16.7. The SMILES string of the molecule is CCc1nccn1[C@@H]1CCCN(C(=O)[C@H]2C[C@@H]2c2cnn(C)c2)C1. The van der Waals surface area contributed by atoms with Gasteiger partial charge in [-0.25, -0.2) is 4.98 Å². The molecular formula is C18H25N5O. The molecule has 1 saturated heterocycles. The van der Waals surface area contributed by atoms with Crippen LogP contribution in [0.4, 0.5) is 0 Å². The molecule has 3 heterocycles. The summed E-state index contributed by atoms with van der Waals surface area (Å²) in [6.07, 6.45) is 12.0. The van der Waals surface area contributed by atoms with Gasteiger partial charge in [0.25, 0.3) is 0 Å². The predicted octanol–water partition coefficient (Wildman–Crippen LogP) is 2.15. The van der Waals surface area contributed by atoms with Crippen LogP contribution in [0, 0.1) is 5.92 Å². The fourth-order valence-corrected chi connectivity index (χ4v) is 4.03. The highest BCUT2D eigenvalue weighted by atomic mass is 16.2. The average molecular weight is 327 g/mol. The molecule has 1 aliphatic heterocycles. The first-order chi connectivity index (χ1) is 11.7. The minimum absolute atomic E-state index is 0.154. The highest BCUT2D eigenvalue weighted by molar-refractivity contribution is 5.83. The molecule has 4 rings (SSSR count). The number of carbonyl (C=O) groups is 1. The topological polar surface area (TPSA) is 56.0 Å². The number of aromatic nitrogens is 4. The van der Waals surface area contributed by atoms with Crippen molar-refractivity contribution in [2.75, 3.05) is 13.1 Å². The normalized spacial score (nSPS) is 26.6. The molecule has 0 bridgehead atoms. The zero-order valence-corrected chi connectivity index (χ0v) is 14.4. The minimum atomic E-state index is 0.154. The molecule has 2 aromatic heterocycles. The summed E-state index contributed by atoms with van der Waals surface area (Å²) in [4.78, 5) is 19.4. The Morgan fingerprint density at radius 2 is 2.29 bits per heavy atom. The van der Waals surface area contributed by atoms with Crippen LogP contribution in [0.3, 0.4) is 0 Å². The van der Waals surface area contributed by atoms with Crippen LogP contribution in [0.15, 0.2) is 24.8 Å². The average Bonchev–Trinajstić information content (AvgIpc) is 3.04. The molecule has 1 amide bonds. The van der Waals surface area contributed by atoms with E-state index in [1.54, 1.807) is 0 Å². The van der Waals surface area contributed by atoms with Gasteiger partial charge in [-0.2, -0.15) is 5.10 Å². The number of nitrogens with zero attached hydrogens (tertiary/aromatic N) is 5. The number of aryl methyl sites for hydroxylation is 2. The van der Waals surface area contributed by atoms with Crippen molar-refractivity contribution in [3.05, 3.63) is 36.2 Å². The van der Waals surface area contributed by atoms with E-state index in [1.165, 1.54) is 5.56 Å². The minimum Gasteiger partial charge on any atom is -0.340 e. The number of amides is 1. The molecule has 0 spiro atoms. The second kappa shape index (κ2) is 6.07. The first-order valence-corrected chi connectivity index (χ1v) is 8.96. The number of piperidine rings is 1. The summed E-state index contributed by atoms with van der Waals surface area (Å²) in [7, 11) is 1.92. The Labute approximate surface area is 142 Å². The molecule has 1 aliphatic carbocycles. The first kappa shape index (κ1) is 15.4. The second-order valence-corrected chi connectivity index (χ2v) is 7.08. The summed E-state index contributed by atoms with van der Waals surface area (Å²) in [5.74, 6) is 1.97. The molecule has 0 unspecified atom stereocenters. The molecule has 6 heteroatoms. The van der Waals surface area contributed by atoms with Crippen LogP contribution >= 0.6 is 0 Å². The highest BCUT2D eigenvalue weighted by Crippen LogP contribution is 2.48. The van der Waals surface area contributed by atoms with Gasteiger partial charge in [0.2, 0.25) is 5.91 Å². The van der Waals surface area contributed by atoms with Crippen LogP contribution in [0.1, 0.15) is 49.5 Å². The summed E-state index contributed by atoms with van der Waals surface area (Å²) in [6.45, 7) is 3.84. The molecule has 6 nitrogen and oxygen atoms in total. The number of imidazole rings is 1. The largest absolute Gasteiger partial charge is 0.340 e. The Kier molecular flexibility index (Phi) is 3.90. The molecule has 128 valence electrons. The number of likely N-dealkylation sites (tertiary alicyclic amines) is 1. The third kappa shape index (κ3) is 2.74. The Balaban J connectivity index is 1.42. The van der Waals surface area contributed by atoms with Crippen molar-refractivity contribution >= 4 is 5.91 Å². The lowest BCUT2D eigenvalue weighted by molar-refractivity contribution is -0.134. The Hall–Kier alpha value is -2.11. The zero-order valence-electron chi connectivity index (χ0n) is 14.4. The lowest BCUT2D eigenvalue weighted by atomic mass is 10.0. The van der Waals surface area contributed by atoms with Crippen LogP contribution in [0.25, 0.3) is 0 Å². The molecule has 1 saturated carbocycles. The molecule has 2 aliphatic rings. The molecule has 2 fully saturated rings. The molecule has 0 aromatic carbocycles. The van der Waals surface area contributed by atoms with Crippen LogP contribution < -0.4 is 0 Å². The van der Waals surface area contributed by atoms with Gasteiger partial charge in [-0.15, -0.1) is 0 Å². The van der Waals surface area contributed by atoms with Crippen LogP contribution in [-0.2, 0) is 18.3 Å². The summed E-state index contributed by atoms with van der Waals surface area (Å²) in [5.41, 5.74) is 1.20. The molecule has 0 N–H and O–H groups in total. The smallest absolute Gasteiger partial charge is 0.226 e. The lowest BCUT2D eigenvalue weighted by Crippen LogP contribution is -2.41. The van der Waals surface area contributed by atoms with Gasteiger partial charge >= 0.3 is 0 Å². The number of hydrogen-bond acceptors (Lipinski definition) is 3. The maximum absolute atomic E-state index is 12.9. The van der Waals surface area contributed by atoms with E-state index in [9.17, 15) is 4.79 Å². The van der Waals surface area contributed by atoms with E-state index in [1.807, 2.05) is 30.3 Å². The van der Waals surface area contributed by atoms with Crippen molar-refractivity contribution in [3.63, 3.8) is 0 Å². The van der Waals surface area contributed by atoms with Gasteiger partial charge in [0.1, 0.15) is 5.82 Å². The van der Waals surface area contributed by atoms with Gasteiger partial charge in [-0.05, 0) is 30.7 Å². The van der Waals surface area contributed by atoms with Gasteiger partial charge in [0, 0.05) is 51.1 Å². The van der Waals surface area contributed by atoms with Gasteiger partial charge < -0.3 is 9.47 Å². The monoisotopic (exact) mass is 327 g/mol. The summed E-state index contributed by atoms with van der Waals surface area (Å²) >= 11 is 0. The maximum Gasteiger partial charge on any atom is 0.226 e. The Morgan fingerprint density at radius 1 is 1.42 bits per heavy atom. The van der Waals surface area contributed by atoms with E-state index >= 15 is 0 Å². The van der Waals surface area contributed by atoms with E-state index in [0.717, 1.165) is 44.6 Å². The summed E-state index contributed by atoms with van der Waals surface area (Å²) in [5, 5.41) is 4.23. The number of carbonyl (C=O) groups excluding carboxylic acids is 1. The van der Waals surface area contributed by atoms with Crippen molar-refractivity contribution in [2.45, 2.75) is 44.6 Å². The van der Waals surface area contributed by atoms with Crippen molar-refractivity contribution in [1.29, 1.82) is 0 Å². The van der Waals surface area contributed by atoms with Crippen molar-refractivity contribution in [1.82, 2.24) is 24.2 Å². The van der Waals surface area contributed by atoms with E-state index in [-0.39, 0.29) is 5.92 Å². The van der Waals surface area contributed by atoms with Crippen LogP contribution in [-0.4, -0.2) is 43.2 Å². The van der Waals surface area contributed by atoms with Crippen LogP contribution in [0.5, 0.6) is 0 Å². The number of rotatable bonds is 4. The lowest BCUT2D eigenvalue weighted by Gasteiger charge is -2.34. The summed E-state index contributed by atoms with van der Waals surface area (Å²) < 4.78 is 4.09. The fraction of sp³-hybridized carbons (Fsp3) is 0.611. The van der Waals surface area contributed by atoms with Crippen molar-refractivity contribution < 1.29 is 4.79 Å². The van der Waals surface area contributed by atoms with Gasteiger partial charge in [-0.3, -0.25) is 9.48 Å². The Bertz CT molecular complexity index is 733. The van der Waals surface area contributed by atoms with E-state index in [0.29, 0.717) is 17.9 Å². The fourth-order valence-electron chi connectivity index (χ4n) is 4.03. The van der Waals surface area contributed by atoms with Crippen LogP contribution in [0.2, 0.25) is 0 Å². The third-order valence-electron chi connectivity index (χ3n) is 5.43. The number of hydrogen-bond donors (Lipinski definition) is 0. The predicted molar refractivity (Wildman–Crippen MR) is 90.5 cm³/mol. The molecule has 3 atom stereocenters. The molecular weight excluding hydrogens is 302 g/mol. The summed E-state index contributed by atoms with van der Waals surface area (Å²) in [6, 6.07) is 0.371. The van der Waals surface area contributed by atoms with Crippen molar-refractivity contribution in [3.8, 4) is 0 Å². The standard InChI is InChI=1S/C18H25N5O/c1-3-17-19-6-8-23(17)14-5-4-7-22(12-14)18(24)16-9-15(16)13-10-20-21(2)11-13/h6,8,10-11,14-16H,3-5,7,9,12H2,1-2H3/t14-,15-,16+/m1/s1. The Morgan fingerprint density at radius 3 is 3.04 bits per heavy atom. The molecule has 2 aromatic rings. The maximum atomic E-state index is 12.9. The van der Waals surface area contributed by atoms with Gasteiger partial charge in [0.15, 0.2) is 0 Å². The molecule has 0 radical (unpaired) electrons.